The Kier molecular flexibility index (Phi) is 3.81. The van der Waals surface area contributed by atoms with Crippen LogP contribution in [0.2, 0.25) is 0 Å². The van der Waals surface area contributed by atoms with Crippen molar-refractivity contribution < 1.29 is 0 Å². The lowest BCUT2D eigenvalue weighted by molar-refractivity contribution is 0.765. The third kappa shape index (κ3) is 2.87. The highest BCUT2D eigenvalue weighted by Gasteiger charge is 2.06. The number of nitrogens with zero attached hydrogens (tertiary/aromatic N) is 3. The molecule has 2 N–H and O–H groups in total. The Hall–Kier alpha value is -1.33. The van der Waals surface area contributed by atoms with Gasteiger partial charge in [-0.2, -0.15) is 0 Å². The molecule has 2 aromatic rings. The first kappa shape index (κ1) is 12.1. The van der Waals surface area contributed by atoms with Crippen molar-refractivity contribution in [3.05, 3.63) is 35.7 Å². The summed E-state index contributed by atoms with van der Waals surface area (Å²) in [6, 6.07) is 8.41. The number of nitrogens with two attached hydrogens (primary N) is 1. The van der Waals surface area contributed by atoms with Gasteiger partial charge in [0.2, 0.25) is 0 Å². The largest absolute Gasteiger partial charge is 0.330 e. The first-order valence-corrected chi connectivity index (χ1v) is 6.35. The maximum atomic E-state index is 5.52. The normalized spacial score (nSPS) is 10.8. The summed E-state index contributed by atoms with van der Waals surface area (Å²) in [5.41, 5.74) is 6.79. The lowest BCUT2D eigenvalue weighted by atomic mass is 10.2. The van der Waals surface area contributed by atoms with Crippen molar-refractivity contribution in [3.8, 4) is 0 Å². The number of rotatable bonds is 4. The first-order chi connectivity index (χ1) is 8.20. The predicted molar refractivity (Wildman–Crippen MR) is 69.1 cm³/mol. The van der Waals surface area contributed by atoms with Gasteiger partial charge in [0.05, 0.1) is 0 Å². The zero-order valence-electron chi connectivity index (χ0n) is 10.1. The molecule has 5 heteroatoms. The van der Waals surface area contributed by atoms with Crippen LogP contribution >= 0.6 is 11.8 Å². The van der Waals surface area contributed by atoms with Crippen molar-refractivity contribution in [3.63, 3.8) is 0 Å². The van der Waals surface area contributed by atoms with Crippen molar-refractivity contribution in [2.45, 2.75) is 23.4 Å². The molecule has 90 valence electrons. The Morgan fingerprint density at radius 1 is 1.24 bits per heavy atom. The Morgan fingerprint density at radius 2 is 1.94 bits per heavy atom. The first-order valence-electron chi connectivity index (χ1n) is 5.53. The van der Waals surface area contributed by atoms with Crippen LogP contribution < -0.4 is 5.73 Å². The van der Waals surface area contributed by atoms with Gasteiger partial charge in [0, 0.05) is 11.9 Å². The number of aryl methyl sites for hydroxylation is 1. The Labute approximate surface area is 105 Å². The van der Waals surface area contributed by atoms with E-state index < -0.39 is 0 Å². The molecular weight excluding hydrogens is 232 g/mol. The molecule has 0 aliphatic heterocycles. The van der Waals surface area contributed by atoms with E-state index >= 15 is 0 Å². The highest BCUT2D eigenvalue weighted by Crippen LogP contribution is 2.26. The van der Waals surface area contributed by atoms with Crippen LogP contribution in [0, 0.1) is 6.92 Å². The third-order valence-corrected chi connectivity index (χ3v) is 3.66. The lowest BCUT2D eigenvalue weighted by Crippen LogP contribution is -2.02. The van der Waals surface area contributed by atoms with Crippen LogP contribution in [0.3, 0.4) is 0 Å². The molecule has 0 saturated carbocycles. The SMILES string of the molecule is Cc1nnc(Sc2ccc(CCN)cc2)n1C. The average Bonchev–Trinajstić information content (AvgIpc) is 2.64. The molecule has 17 heavy (non-hydrogen) atoms. The van der Waals surface area contributed by atoms with E-state index in [0.29, 0.717) is 6.54 Å². The number of aromatic nitrogens is 3. The van der Waals surface area contributed by atoms with E-state index in [9.17, 15) is 0 Å². The number of hydrogen-bond acceptors (Lipinski definition) is 4. The van der Waals surface area contributed by atoms with E-state index in [1.807, 2.05) is 18.5 Å². The van der Waals surface area contributed by atoms with Crippen LogP contribution in [0.1, 0.15) is 11.4 Å². The van der Waals surface area contributed by atoms with E-state index in [1.165, 1.54) is 10.5 Å². The third-order valence-electron chi connectivity index (χ3n) is 2.62. The van der Waals surface area contributed by atoms with Gasteiger partial charge >= 0.3 is 0 Å². The molecule has 0 radical (unpaired) electrons. The van der Waals surface area contributed by atoms with Gasteiger partial charge in [0.25, 0.3) is 0 Å². The zero-order valence-corrected chi connectivity index (χ0v) is 10.9. The van der Waals surface area contributed by atoms with E-state index in [4.69, 9.17) is 5.73 Å². The maximum absolute atomic E-state index is 5.52. The summed E-state index contributed by atoms with van der Waals surface area (Å²) in [6.45, 7) is 2.64. The van der Waals surface area contributed by atoms with Crippen molar-refractivity contribution in [1.29, 1.82) is 0 Å². The van der Waals surface area contributed by atoms with Gasteiger partial charge in [-0.05, 0) is 49.3 Å². The molecule has 1 heterocycles. The molecule has 0 bridgehead atoms. The fraction of sp³-hybridized carbons (Fsp3) is 0.333. The molecule has 0 atom stereocenters. The summed E-state index contributed by atoms with van der Waals surface area (Å²) in [5.74, 6) is 0.923. The molecule has 0 fully saturated rings. The van der Waals surface area contributed by atoms with Crippen LogP contribution in [-0.4, -0.2) is 21.3 Å². The summed E-state index contributed by atoms with van der Waals surface area (Å²) in [7, 11) is 1.97. The van der Waals surface area contributed by atoms with Crippen LogP contribution in [0.5, 0.6) is 0 Å². The molecular formula is C12H16N4S. The van der Waals surface area contributed by atoms with Crippen molar-refractivity contribution in [2.75, 3.05) is 6.54 Å². The summed E-state index contributed by atoms with van der Waals surface area (Å²) in [4.78, 5) is 1.17. The highest BCUT2D eigenvalue weighted by atomic mass is 32.2. The second-order valence-electron chi connectivity index (χ2n) is 3.87. The number of hydrogen-bond donors (Lipinski definition) is 1. The van der Waals surface area contributed by atoms with Gasteiger partial charge in [0.1, 0.15) is 5.82 Å². The van der Waals surface area contributed by atoms with Crippen LogP contribution in [0.4, 0.5) is 0 Å². The quantitative estimate of drug-likeness (QED) is 0.896. The van der Waals surface area contributed by atoms with E-state index in [2.05, 4.69) is 34.5 Å². The average molecular weight is 248 g/mol. The lowest BCUT2D eigenvalue weighted by Gasteiger charge is -2.03. The Morgan fingerprint density at radius 3 is 2.47 bits per heavy atom. The van der Waals surface area contributed by atoms with E-state index in [-0.39, 0.29) is 0 Å². The standard InChI is InChI=1S/C12H16N4S/c1-9-14-15-12(16(9)2)17-11-5-3-10(4-6-11)7-8-13/h3-6H,7-8,13H2,1-2H3. The smallest absolute Gasteiger partial charge is 0.195 e. The van der Waals surface area contributed by atoms with Crippen molar-refractivity contribution >= 4 is 11.8 Å². The molecule has 0 unspecified atom stereocenters. The van der Waals surface area contributed by atoms with Crippen molar-refractivity contribution in [2.24, 2.45) is 12.8 Å². The summed E-state index contributed by atoms with van der Waals surface area (Å²) in [6.07, 6.45) is 0.925. The van der Waals surface area contributed by atoms with Gasteiger partial charge in [-0.3, -0.25) is 0 Å². The second-order valence-corrected chi connectivity index (χ2v) is 4.91. The highest BCUT2D eigenvalue weighted by molar-refractivity contribution is 7.99. The van der Waals surface area contributed by atoms with Crippen LogP contribution in [-0.2, 0) is 13.5 Å². The predicted octanol–water partition coefficient (Wildman–Crippen LogP) is 1.78. The summed E-state index contributed by atoms with van der Waals surface area (Å²) >= 11 is 1.62. The fourth-order valence-electron chi connectivity index (χ4n) is 1.47. The monoisotopic (exact) mass is 248 g/mol. The zero-order chi connectivity index (χ0) is 12.3. The molecule has 2 rings (SSSR count). The fourth-order valence-corrected chi connectivity index (χ4v) is 2.31. The molecule has 0 aliphatic carbocycles. The van der Waals surface area contributed by atoms with Gasteiger partial charge in [0.15, 0.2) is 5.16 Å². The van der Waals surface area contributed by atoms with Gasteiger partial charge in [-0.25, -0.2) is 0 Å². The Balaban J connectivity index is 2.11. The minimum atomic E-state index is 0.689. The van der Waals surface area contributed by atoms with E-state index in [1.54, 1.807) is 11.8 Å². The molecule has 4 nitrogen and oxygen atoms in total. The molecule has 0 spiro atoms. The minimum absolute atomic E-state index is 0.689. The van der Waals surface area contributed by atoms with Gasteiger partial charge in [-0.15, -0.1) is 10.2 Å². The molecule has 0 aliphatic rings. The van der Waals surface area contributed by atoms with Gasteiger partial charge in [-0.1, -0.05) is 12.1 Å². The maximum Gasteiger partial charge on any atom is 0.195 e. The molecule has 0 saturated heterocycles. The molecule has 0 amide bonds. The number of benzene rings is 1. The summed E-state index contributed by atoms with van der Waals surface area (Å²) in [5, 5.41) is 9.07. The summed E-state index contributed by atoms with van der Waals surface area (Å²) < 4.78 is 1.98. The Bertz CT molecular complexity index is 490. The molecule has 1 aromatic carbocycles. The molecule has 1 aromatic heterocycles. The minimum Gasteiger partial charge on any atom is -0.330 e. The van der Waals surface area contributed by atoms with Crippen molar-refractivity contribution in [1.82, 2.24) is 14.8 Å². The van der Waals surface area contributed by atoms with Crippen LogP contribution in [0.25, 0.3) is 0 Å². The topological polar surface area (TPSA) is 56.7 Å². The van der Waals surface area contributed by atoms with E-state index in [0.717, 1.165) is 17.4 Å². The van der Waals surface area contributed by atoms with Gasteiger partial charge < -0.3 is 10.3 Å². The van der Waals surface area contributed by atoms with Crippen LogP contribution in [0.15, 0.2) is 34.3 Å². The second kappa shape index (κ2) is 5.33.